The molecule has 8 heteroatoms. The molecule has 0 aliphatic heterocycles. The number of aromatic hydroxyl groups is 1. The maximum Gasteiger partial charge on any atom is 0.290 e. The predicted octanol–water partition coefficient (Wildman–Crippen LogP) is 7.04. The van der Waals surface area contributed by atoms with E-state index in [1.54, 1.807) is 18.2 Å². The van der Waals surface area contributed by atoms with E-state index in [4.69, 9.17) is 16.6 Å². The molecule has 6 nitrogen and oxygen atoms in total. The van der Waals surface area contributed by atoms with Gasteiger partial charge in [-0.25, -0.2) is 4.99 Å². The molecule has 0 saturated carbocycles. The molecule has 0 radical (unpaired) electrons. The summed E-state index contributed by atoms with van der Waals surface area (Å²) in [5.74, 6) is 0.209. The molecule has 0 aromatic heterocycles. The quantitative estimate of drug-likeness (QED) is 0.126. The summed E-state index contributed by atoms with van der Waals surface area (Å²) in [6, 6.07) is 21.6. The summed E-state index contributed by atoms with van der Waals surface area (Å²) in [4.78, 5) is 18.8. The van der Waals surface area contributed by atoms with Gasteiger partial charge in [-0.3, -0.25) is 10.1 Å². The Labute approximate surface area is 196 Å². The molecule has 0 spiro atoms. The zero-order chi connectivity index (χ0) is 22.9. The summed E-state index contributed by atoms with van der Waals surface area (Å²) in [6.07, 6.45) is 1.96. The first-order chi connectivity index (χ1) is 15.5. The van der Waals surface area contributed by atoms with E-state index >= 15 is 0 Å². The minimum absolute atomic E-state index is 0.0776. The smallest absolute Gasteiger partial charge is 0.290 e. The van der Waals surface area contributed by atoms with E-state index in [1.165, 1.54) is 23.9 Å². The van der Waals surface area contributed by atoms with Gasteiger partial charge in [0.1, 0.15) is 10.8 Å². The molecule has 3 aromatic rings. The van der Waals surface area contributed by atoms with Crippen molar-refractivity contribution in [2.75, 3.05) is 6.54 Å². The summed E-state index contributed by atoms with van der Waals surface area (Å²) in [5, 5.41) is 22.0. The van der Waals surface area contributed by atoms with Gasteiger partial charge in [0, 0.05) is 24.1 Å². The lowest BCUT2D eigenvalue weighted by molar-refractivity contribution is -0.384. The van der Waals surface area contributed by atoms with Crippen LogP contribution in [0.4, 0.5) is 11.4 Å². The molecule has 166 valence electrons. The Kier molecular flexibility index (Phi) is 8.53. The van der Waals surface area contributed by atoms with Crippen LogP contribution in [0.5, 0.6) is 5.75 Å². The third-order valence-electron chi connectivity index (χ3n) is 4.64. The van der Waals surface area contributed by atoms with Crippen molar-refractivity contribution < 1.29 is 10.0 Å². The molecule has 0 heterocycles. The van der Waals surface area contributed by atoms with Gasteiger partial charge in [0.2, 0.25) is 0 Å². The van der Waals surface area contributed by atoms with Crippen LogP contribution in [0.3, 0.4) is 0 Å². The van der Waals surface area contributed by atoms with E-state index in [0.29, 0.717) is 17.4 Å². The highest BCUT2D eigenvalue weighted by Gasteiger charge is 2.17. The molecular formula is C24H24ClN3O3S. The summed E-state index contributed by atoms with van der Waals surface area (Å²) < 4.78 is 0. The molecule has 3 aromatic carbocycles. The summed E-state index contributed by atoms with van der Waals surface area (Å²) in [6.45, 7) is 3.42. The number of nitro groups is 1. The maximum atomic E-state index is 11.3. The van der Waals surface area contributed by atoms with Crippen LogP contribution in [0.2, 0.25) is 5.02 Å². The van der Waals surface area contributed by atoms with Gasteiger partial charge < -0.3 is 10.0 Å². The van der Waals surface area contributed by atoms with Gasteiger partial charge in [-0.05, 0) is 48.4 Å². The van der Waals surface area contributed by atoms with Gasteiger partial charge in [0.25, 0.3) is 5.69 Å². The van der Waals surface area contributed by atoms with Crippen molar-refractivity contribution in [3.8, 4) is 5.75 Å². The third-order valence-corrected chi connectivity index (χ3v) is 6.00. The molecular weight excluding hydrogens is 446 g/mol. The molecule has 0 saturated heterocycles. The third kappa shape index (κ3) is 6.73. The highest BCUT2D eigenvalue weighted by molar-refractivity contribution is 8.13. The average Bonchev–Trinajstić information content (AvgIpc) is 2.78. The second kappa shape index (κ2) is 11.5. The van der Waals surface area contributed by atoms with Gasteiger partial charge >= 0.3 is 0 Å². The Morgan fingerprint density at radius 1 is 1.12 bits per heavy atom. The molecule has 0 aliphatic rings. The van der Waals surface area contributed by atoms with Crippen molar-refractivity contribution in [1.29, 1.82) is 0 Å². The van der Waals surface area contributed by atoms with Crippen molar-refractivity contribution in [2.24, 2.45) is 4.99 Å². The number of hydrogen-bond acceptors (Lipinski definition) is 5. The number of halogens is 1. The first-order valence-corrected chi connectivity index (χ1v) is 11.4. The molecule has 0 fully saturated rings. The minimum Gasteiger partial charge on any atom is -0.508 e. The van der Waals surface area contributed by atoms with Gasteiger partial charge in [0.15, 0.2) is 5.17 Å². The SMILES string of the molecule is CCCCN(Cc1cccc(O)c1)C(=Nc1ccc(Cl)c([N+](=O)[O-])c1)Sc1ccccc1. The van der Waals surface area contributed by atoms with Gasteiger partial charge in [-0.15, -0.1) is 0 Å². The fourth-order valence-electron chi connectivity index (χ4n) is 3.04. The molecule has 0 atom stereocenters. The first-order valence-electron chi connectivity index (χ1n) is 10.2. The number of phenols is 1. The van der Waals surface area contributed by atoms with Crippen LogP contribution in [-0.2, 0) is 6.54 Å². The van der Waals surface area contributed by atoms with Crippen LogP contribution in [0, 0.1) is 10.1 Å². The Bertz CT molecular complexity index is 1090. The Hall–Kier alpha value is -3.03. The number of nitro benzene ring substituents is 1. The molecule has 3 rings (SSSR count). The van der Waals surface area contributed by atoms with E-state index in [9.17, 15) is 15.2 Å². The second-order valence-electron chi connectivity index (χ2n) is 7.15. The van der Waals surface area contributed by atoms with E-state index < -0.39 is 4.92 Å². The molecule has 0 amide bonds. The largest absolute Gasteiger partial charge is 0.508 e. The fraction of sp³-hybridized carbons (Fsp3) is 0.208. The average molecular weight is 470 g/mol. The van der Waals surface area contributed by atoms with Gasteiger partial charge in [-0.1, -0.05) is 67.0 Å². The fourth-order valence-corrected chi connectivity index (χ4v) is 4.17. The Balaban J connectivity index is 2.02. The lowest BCUT2D eigenvalue weighted by Gasteiger charge is -2.26. The second-order valence-corrected chi connectivity index (χ2v) is 8.60. The molecule has 1 N–H and O–H groups in total. The van der Waals surface area contributed by atoms with Gasteiger partial charge in [0.05, 0.1) is 10.6 Å². The first kappa shape index (κ1) is 23.6. The predicted molar refractivity (Wildman–Crippen MR) is 131 cm³/mol. The number of unbranched alkanes of at least 4 members (excludes halogenated alkanes) is 1. The lowest BCUT2D eigenvalue weighted by atomic mass is 10.2. The zero-order valence-corrected chi connectivity index (χ0v) is 19.2. The maximum absolute atomic E-state index is 11.3. The summed E-state index contributed by atoms with van der Waals surface area (Å²) in [7, 11) is 0. The normalized spacial score (nSPS) is 11.4. The van der Waals surface area contributed by atoms with Crippen LogP contribution < -0.4 is 0 Å². The molecule has 32 heavy (non-hydrogen) atoms. The van der Waals surface area contributed by atoms with Gasteiger partial charge in [-0.2, -0.15) is 0 Å². The van der Waals surface area contributed by atoms with E-state index in [-0.39, 0.29) is 16.5 Å². The van der Waals surface area contributed by atoms with Crippen LogP contribution in [0.15, 0.2) is 82.7 Å². The molecule has 0 unspecified atom stereocenters. The number of rotatable bonds is 8. The highest BCUT2D eigenvalue weighted by atomic mass is 35.5. The summed E-state index contributed by atoms with van der Waals surface area (Å²) in [5.41, 5.74) is 1.23. The van der Waals surface area contributed by atoms with E-state index in [2.05, 4.69) is 11.8 Å². The molecule has 0 aliphatic carbocycles. The number of nitrogens with zero attached hydrogens (tertiary/aromatic N) is 3. The topological polar surface area (TPSA) is 79.0 Å². The highest BCUT2D eigenvalue weighted by Crippen LogP contribution is 2.31. The van der Waals surface area contributed by atoms with Crippen molar-refractivity contribution in [3.63, 3.8) is 0 Å². The number of aliphatic imine (C=N–C) groups is 1. The van der Waals surface area contributed by atoms with Crippen LogP contribution in [-0.4, -0.2) is 26.6 Å². The van der Waals surface area contributed by atoms with E-state index in [0.717, 1.165) is 29.8 Å². The monoisotopic (exact) mass is 469 g/mol. The van der Waals surface area contributed by atoms with Crippen LogP contribution in [0.1, 0.15) is 25.3 Å². The number of amidine groups is 1. The number of benzene rings is 3. The number of hydrogen-bond donors (Lipinski definition) is 1. The zero-order valence-electron chi connectivity index (χ0n) is 17.6. The standard InChI is InChI=1S/C24H24ClN3O3S/c1-2-3-14-27(17-18-8-7-9-20(29)15-18)24(32-21-10-5-4-6-11-21)26-19-12-13-22(25)23(16-19)28(30)31/h4-13,15-16,29H,2-3,14,17H2,1H3. The molecule has 0 bridgehead atoms. The van der Waals surface area contributed by atoms with Crippen molar-refractivity contribution >= 4 is 39.9 Å². The van der Waals surface area contributed by atoms with Crippen LogP contribution >= 0.6 is 23.4 Å². The number of thioether (sulfide) groups is 1. The number of phenolic OH excluding ortho intramolecular Hbond substituents is 1. The minimum atomic E-state index is -0.507. The van der Waals surface area contributed by atoms with Crippen molar-refractivity contribution in [2.45, 2.75) is 31.2 Å². The Morgan fingerprint density at radius 3 is 2.59 bits per heavy atom. The lowest BCUT2D eigenvalue weighted by Crippen LogP contribution is -2.29. The van der Waals surface area contributed by atoms with E-state index in [1.807, 2.05) is 42.5 Å². The van der Waals surface area contributed by atoms with Crippen molar-refractivity contribution in [3.05, 3.63) is 93.5 Å². The van der Waals surface area contributed by atoms with Crippen molar-refractivity contribution in [1.82, 2.24) is 4.90 Å². The Morgan fingerprint density at radius 2 is 1.91 bits per heavy atom. The van der Waals surface area contributed by atoms with Crippen LogP contribution in [0.25, 0.3) is 0 Å². The summed E-state index contributed by atoms with van der Waals surface area (Å²) >= 11 is 7.48.